The van der Waals surface area contributed by atoms with Crippen molar-refractivity contribution in [1.29, 1.82) is 0 Å². The van der Waals surface area contributed by atoms with Gasteiger partial charge < -0.3 is 4.74 Å². The molecule has 0 aliphatic heterocycles. The van der Waals surface area contributed by atoms with Gasteiger partial charge in [-0.15, -0.1) is 0 Å². The summed E-state index contributed by atoms with van der Waals surface area (Å²) in [5.74, 6) is 0.722. The summed E-state index contributed by atoms with van der Waals surface area (Å²) in [6, 6.07) is 13.9. The number of benzene rings is 2. The van der Waals surface area contributed by atoms with Crippen LogP contribution in [0.2, 0.25) is 0 Å². The van der Waals surface area contributed by atoms with Crippen LogP contribution in [0.15, 0.2) is 53.4 Å². The third kappa shape index (κ3) is 3.60. The van der Waals surface area contributed by atoms with E-state index in [0.29, 0.717) is 5.69 Å². The number of hydrogen-bond donors (Lipinski definition) is 0. The Morgan fingerprint density at radius 3 is 2.00 bits per heavy atom. The van der Waals surface area contributed by atoms with Gasteiger partial charge in [-0.1, -0.05) is 17.7 Å². The topological polar surface area (TPSA) is 46.6 Å². The molecule has 0 saturated carbocycles. The minimum Gasteiger partial charge on any atom is -0.491 e. The second kappa shape index (κ2) is 6.40. The molecular formula is C17H21NO3S. The van der Waals surface area contributed by atoms with Gasteiger partial charge in [0.05, 0.1) is 16.7 Å². The zero-order chi connectivity index (χ0) is 16.3. The SMILES string of the molecule is Cc1ccc(S(=O)(=O)N(C)c2ccc(OC(C)C)cc2)cc1. The number of aryl methyl sites for hydroxylation is 1. The Hall–Kier alpha value is -2.01. The number of hydrogen-bond acceptors (Lipinski definition) is 3. The molecule has 0 atom stereocenters. The van der Waals surface area contributed by atoms with E-state index in [1.54, 1.807) is 55.6 Å². The van der Waals surface area contributed by atoms with Crippen LogP contribution < -0.4 is 9.04 Å². The van der Waals surface area contributed by atoms with Crippen LogP contribution in [0.4, 0.5) is 5.69 Å². The first kappa shape index (κ1) is 16.4. The maximum atomic E-state index is 12.6. The maximum absolute atomic E-state index is 12.6. The van der Waals surface area contributed by atoms with Crippen molar-refractivity contribution in [3.63, 3.8) is 0 Å². The second-order valence-electron chi connectivity index (χ2n) is 5.45. The molecule has 0 aliphatic rings. The summed E-state index contributed by atoms with van der Waals surface area (Å²) in [6.45, 7) is 5.82. The third-order valence-corrected chi connectivity index (χ3v) is 5.05. The molecule has 118 valence electrons. The van der Waals surface area contributed by atoms with E-state index in [-0.39, 0.29) is 11.0 Å². The molecule has 5 heteroatoms. The normalized spacial score (nSPS) is 11.5. The van der Waals surface area contributed by atoms with Crippen LogP contribution in [-0.4, -0.2) is 21.6 Å². The molecule has 0 aliphatic carbocycles. The Balaban J connectivity index is 2.26. The molecule has 2 rings (SSSR count). The highest BCUT2D eigenvalue weighted by atomic mass is 32.2. The molecule has 22 heavy (non-hydrogen) atoms. The third-order valence-electron chi connectivity index (χ3n) is 3.25. The van der Waals surface area contributed by atoms with Gasteiger partial charge in [-0.25, -0.2) is 8.42 Å². The Morgan fingerprint density at radius 2 is 1.50 bits per heavy atom. The minimum absolute atomic E-state index is 0.0832. The van der Waals surface area contributed by atoms with Gasteiger partial charge in [0.15, 0.2) is 0 Å². The number of sulfonamides is 1. The smallest absolute Gasteiger partial charge is 0.264 e. The number of anilines is 1. The van der Waals surface area contributed by atoms with Crippen LogP contribution in [0.3, 0.4) is 0 Å². The van der Waals surface area contributed by atoms with Crippen molar-refractivity contribution in [2.24, 2.45) is 0 Å². The van der Waals surface area contributed by atoms with Crippen LogP contribution in [0, 0.1) is 6.92 Å². The van der Waals surface area contributed by atoms with Crippen LogP contribution in [0.5, 0.6) is 5.75 Å². The first-order valence-corrected chi connectivity index (χ1v) is 8.57. The maximum Gasteiger partial charge on any atom is 0.264 e. The van der Waals surface area contributed by atoms with E-state index >= 15 is 0 Å². The van der Waals surface area contributed by atoms with Crippen molar-refractivity contribution < 1.29 is 13.2 Å². The molecule has 2 aromatic rings. The molecule has 0 aromatic heterocycles. The average Bonchev–Trinajstić information content (AvgIpc) is 2.47. The highest BCUT2D eigenvalue weighted by molar-refractivity contribution is 7.92. The highest BCUT2D eigenvalue weighted by Crippen LogP contribution is 2.24. The Kier molecular flexibility index (Phi) is 4.76. The molecule has 0 bridgehead atoms. The number of ether oxygens (including phenoxy) is 1. The monoisotopic (exact) mass is 319 g/mol. The van der Waals surface area contributed by atoms with Crippen LogP contribution in [0.1, 0.15) is 19.4 Å². The summed E-state index contributed by atoms with van der Waals surface area (Å²) >= 11 is 0. The fraction of sp³-hybridized carbons (Fsp3) is 0.294. The molecule has 0 saturated heterocycles. The summed E-state index contributed by atoms with van der Waals surface area (Å²) in [7, 11) is -2.00. The lowest BCUT2D eigenvalue weighted by Crippen LogP contribution is -2.26. The van der Waals surface area contributed by atoms with Gasteiger partial charge in [-0.05, 0) is 57.2 Å². The lowest BCUT2D eigenvalue weighted by molar-refractivity contribution is 0.242. The van der Waals surface area contributed by atoms with Crippen molar-refractivity contribution in [1.82, 2.24) is 0 Å². The van der Waals surface area contributed by atoms with Gasteiger partial charge in [-0.3, -0.25) is 4.31 Å². The van der Waals surface area contributed by atoms with Crippen molar-refractivity contribution >= 4 is 15.7 Å². The summed E-state index contributed by atoms with van der Waals surface area (Å²) < 4.78 is 32.0. The molecule has 0 N–H and O–H groups in total. The summed E-state index contributed by atoms with van der Waals surface area (Å²) in [5.41, 5.74) is 1.62. The van der Waals surface area contributed by atoms with E-state index in [9.17, 15) is 8.42 Å². The number of rotatable bonds is 5. The summed E-state index contributed by atoms with van der Waals surface area (Å²) in [4.78, 5) is 0.281. The Labute approximate surface area is 132 Å². The molecule has 4 nitrogen and oxygen atoms in total. The predicted molar refractivity (Wildman–Crippen MR) is 89.0 cm³/mol. The van der Waals surface area contributed by atoms with E-state index in [1.165, 1.54) is 4.31 Å². The zero-order valence-corrected chi connectivity index (χ0v) is 14.1. The van der Waals surface area contributed by atoms with Gasteiger partial charge >= 0.3 is 0 Å². The zero-order valence-electron chi connectivity index (χ0n) is 13.3. The van der Waals surface area contributed by atoms with Crippen molar-refractivity contribution in [2.75, 3.05) is 11.4 Å². The van der Waals surface area contributed by atoms with Gasteiger partial charge in [0.2, 0.25) is 0 Å². The van der Waals surface area contributed by atoms with E-state index in [1.807, 2.05) is 20.8 Å². The van der Waals surface area contributed by atoms with E-state index in [2.05, 4.69) is 0 Å². The van der Waals surface area contributed by atoms with Crippen LogP contribution >= 0.6 is 0 Å². The highest BCUT2D eigenvalue weighted by Gasteiger charge is 2.21. The van der Waals surface area contributed by atoms with Crippen molar-refractivity contribution in [3.8, 4) is 5.75 Å². The molecule has 2 aromatic carbocycles. The molecule has 0 unspecified atom stereocenters. The van der Waals surface area contributed by atoms with Crippen molar-refractivity contribution in [3.05, 3.63) is 54.1 Å². The summed E-state index contributed by atoms with van der Waals surface area (Å²) in [5, 5.41) is 0. The Morgan fingerprint density at radius 1 is 0.955 bits per heavy atom. The Bertz CT molecular complexity index is 720. The predicted octanol–water partition coefficient (Wildman–Crippen LogP) is 3.61. The molecule has 0 fully saturated rings. The van der Waals surface area contributed by atoms with Gasteiger partial charge in [0.1, 0.15) is 5.75 Å². The lowest BCUT2D eigenvalue weighted by Gasteiger charge is -2.20. The summed E-state index contributed by atoms with van der Waals surface area (Å²) in [6.07, 6.45) is 0.0832. The standard InChI is InChI=1S/C17H21NO3S/c1-13(2)21-16-9-7-15(8-10-16)18(4)22(19,20)17-11-5-14(3)6-12-17/h5-13H,1-4H3. The molecule has 0 heterocycles. The van der Waals surface area contributed by atoms with Gasteiger partial charge in [0, 0.05) is 7.05 Å². The fourth-order valence-corrected chi connectivity index (χ4v) is 3.21. The molecule has 0 radical (unpaired) electrons. The largest absolute Gasteiger partial charge is 0.491 e. The van der Waals surface area contributed by atoms with Crippen LogP contribution in [-0.2, 0) is 10.0 Å². The first-order valence-electron chi connectivity index (χ1n) is 7.13. The minimum atomic E-state index is -3.55. The molecule has 0 spiro atoms. The first-order chi connectivity index (χ1) is 10.3. The average molecular weight is 319 g/mol. The van der Waals surface area contributed by atoms with Crippen LogP contribution in [0.25, 0.3) is 0 Å². The van der Waals surface area contributed by atoms with Gasteiger partial charge in [0.25, 0.3) is 10.0 Å². The van der Waals surface area contributed by atoms with Crippen molar-refractivity contribution in [2.45, 2.75) is 31.8 Å². The lowest BCUT2D eigenvalue weighted by atomic mass is 10.2. The van der Waals surface area contributed by atoms with E-state index < -0.39 is 10.0 Å². The van der Waals surface area contributed by atoms with E-state index in [4.69, 9.17) is 4.74 Å². The second-order valence-corrected chi connectivity index (χ2v) is 7.42. The fourth-order valence-electron chi connectivity index (χ4n) is 2.01. The van der Waals surface area contributed by atoms with Gasteiger partial charge in [-0.2, -0.15) is 0 Å². The molecular weight excluding hydrogens is 298 g/mol. The number of nitrogens with zero attached hydrogens (tertiary/aromatic N) is 1. The molecule has 0 amide bonds. The quantitative estimate of drug-likeness (QED) is 0.846. The van der Waals surface area contributed by atoms with E-state index in [0.717, 1.165) is 11.3 Å².